The number of carbonyl (C=O) groups is 1. The van der Waals surface area contributed by atoms with Gasteiger partial charge in [0, 0.05) is 10.4 Å². The SMILES string of the molecule is CC(NC(=O)c1ccc(F)c(N)c1)c1cccs1. The van der Waals surface area contributed by atoms with E-state index in [9.17, 15) is 9.18 Å². The minimum atomic E-state index is -0.516. The normalized spacial score (nSPS) is 12.1. The van der Waals surface area contributed by atoms with Gasteiger partial charge in [-0.2, -0.15) is 0 Å². The number of amides is 1. The van der Waals surface area contributed by atoms with Gasteiger partial charge in [-0.05, 0) is 36.6 Å². The van der Waals surface area contributed by atoms with E-state index in [2.05, 4.69) is 5.32 Å². The number of nitrogens with one attached hydrogen (secondary N) is 1. The second-order valence-electron chi connectivity index (χ2n) is 3.95. The molecule has 0 aliphatic heterocycles. The quantitative estimate of drug-likeness (QED) is 0.837. The number of benzene rings is 1. The van der Waals surface area contributed by atoms with E-state index in [1.54, 1.807) is 11.3 Å². The summed E-state index contributed by atoms with van der Waals surface area (Å²) in [5, 5.41) is 4.79. The Labute approximate surface area is 108 Å². The molecule has 0 fully saturated rings. The molecule has 3 nitrogen and oxygen atoms in total. The third kappa shape index (κ3) is 2.68. The van der Waals surface area contributed by atoms with Crippen LogP contribution in [0.4, 0.5) is 10.1 Å². The number of carbonyl (C=O) groups excluding carboxylic acids is 1. The van der Waals surface area contributed by atoms with Gasteiger partial charge in [-0.25, -0.2) is 4.39 Å². The van der Waals surface area contributed by atoms with E-state index in [-0.39, 0.29) is 17.6 Å². The number of hydrogen-bond acceptors (Lipinski definition) is 3. The summed E-state index contributed by atoms with van der Waals surface area (Å²) in [4.78, 5) is 13.0. The monoisotopic (exact) mass is 264 g/mol. The Kier molecular flexibility index (Phi) is 3.62. The lowest BCUT2D eigenvalue weighted by Crippen LogP contribution is -2.26. The summed E-state index contributed by atoms with van der Waals surface area (Å²) >= 11 is 1.57. The summed E-state index contributed by atoms with van der Waals surface area (Å²) in [7, 11) is 0. The van der Waals surface area contributed by atoms with Crippen LogP contribution in [0.25, 0.3) is 0 Å². The fourth-order valence-electron chi connectivity index (χ4n) is 1.57. The van der Waals surface area contributed by atoms with E-state index in [4.69, 9.17) is 5.73 Å². The Bertz CT molecular complexity index is 554. The van der Waals surface area contributed by atoms with E-state index < -0.39 is 5.82 Å². The average Bonchev–Trinajstić information content (AvgIpc) is 2.86. The molecule has 2 aromatic rings. The summed E-state index contributed by atoms with van der Waals surface area (Å²) in [5.41, 5.74) is 5.77. The maximum absolute atomic E-state index is 13.0. The van der Waals surface area contributed by atoms with E-state index in [0.29, 0.717) is 5.56 Å². The highest BCUT2D eigenvalue weighted by molar-refractivity contribution is 7.10. The molecular formula is C13H13FN2OS. The molecule has 1 amide bonds. The number of hydrogen-bond donors (Lipinski definition) is 2. The minimum absolute atomic E-state index is 0.0218. The zero-order valence-corrected chi connectivity index (χ0v) is 10.6. The summed E-state index contributed by atoms with van der Waals surface area (Å²) in [6, 6.07) is 7.75. The van der Waals surface area contributed by atoms with Crippen LogP contribution >= 0.6 is 11.3 Å². The van der Waals surface area contributed by atoms with Gasteiger partial charge in [0.2, 0.25) is 0 Å². The predicted octanol–water partition coefficient (Wildman–Crippen LogP) is 2.96. The highest BCUT2D eigenvalue weighted by Crippen LogP contribution is 2.19. The first-order valence-corrected chi connectivity index (χ1v) is 6.35. The minimum Gasteiger partial charge on any atom is -0.396 e. The van der Waals surface area contributed by atoms with Gasteiger partial charge in [0.25, 0.3) is 5.91 Å². The van der Waals surface area contributed by atoms with Gasteiger partial charge in [-0.15, -0.1) is 11.3 Å². The molecule has 1 atom stereocenters. The number of halogens is 1. The van der Waals surface area contributed by atoms with Crippen molar-refractivity contribution in [3.05, 3.63) is 52.0 Å². The number of rotatable bonds is 3. The zero-order chi connectivity index (χ0) is 13.1. The van der Waals surface area contributed by atoms with Crippen LogP contribution in [-0.2, 0) is 0 Å². The molecular weight excluding hydrogens is 251 g/mol. The number of nitrogen functional groups attached to an aromatic ring is 1. The molecule has 3 N–H and O–H groups in total. The molecule has 1 unspecified atom stereocenters. The van der Waals surface area contributed by atoms with E-state index in [0.717, 1.165) is 4.88 Å². The molecule has 1 aromatic carbocycles. The highest BCUT2D eigenvalue weighted by Gasteiger charge is 2.13. The molecule has 1 aromatic heterocycles. The van der Waals surface area contributed by atoms with Gasteiger partial charge in [0.1, 0.15) is 5.82 Å². The summed E-state index contributed by atoms with van der Waals surface area (Å²) < 4.78 is 13.0. The summed E-state index contributed by atoms with van der Waals surface area (Å²) in [6.07, 6.45) is 0. The van der Waals surface area contributed by atoms with Gasteiger partial charge in [0.15, 0.2) is 0 Å². The first-order chi connectivity index (χ1) is 8.58. The van der Waals surface area contributed by atoms with Crippen molar-refractivity contribution in [2.75, 3.05) is 5.73 Å². The fraction of sp³-hybridized carbons (Fsp3) is 0.154. The molecule has 5 heteroatoms. The van der Waals surface area contributed by atoms with Crippen LogP contribution in [0.1, 0.15) is 28.2 Å². The molecule has 0 saturated carbocycles. The number of nitrogens with two attached hydrogens (primary N) is 1. The summed E-state index contributed by atoms with van der Waals surface area (Å²) in [5.74, 6) is -0.777. The fourth-order valence-corrected chi connectivity index (χ4v) is 2.31. The lowest BCUT2D eigenvalue weighted by atomic mass is 10.1. The maximum Gasteiger partial charge on any atom is 0.251 e. The second-order valence-corrected chi connectivity index (χ2v) is 4.93. The van der Waals surface area contributed by atoms with Crippen molar-refractivity contribution in [3.63, 3.8) is 0 Å². The maximum atomic E-state index is 13.0. The van der Waals surface area contributed by atoms with Gasteiger partial charge < -0.3 is 11.1 Å². The molecule has 0 saturated heterocycles. The molecule has 0 radical (unpaired) electrons. The van der Waals surface area contributed by atoms with Crippen molar-refractivity contribution < 1.29 is 9.18 Å². The largest absolute Gasteiger partial charge is 0.396 e. The van der Waals surface area contributed by atoms with Gasteiger partial charge in [-0.1, -0.05) is 6.07 Å². The Hall–Kier alpha value is -1.88. The van der Waals surface area contributed by atoms with Crippen LogP contribution in [0, 0.1) is 5.82 Å². The Morgan fingerprint density at radius 1 is 1.44 bits per heavy atom. The van der Waals surface area contributed by atoms with Crippen molar-refractivity contribution in [3.8, 4) is 0 Å². The lowest BCUT2D eigenvalue weighted by molar-refractivity contribution is 0.0940. The molecule has 1 heterocycles. The van der Waals surface area contributed by atoms with Gasteiger partial charge in [0.05, 0.1) is 11.7 Å². The van der Waals surface area contributed by atoms with E-state index >= 15 is 0 Å². The molecule has 94 valence electrons. The van der Waals surface area contributed by atoms with E-state index in [1.807, 2.05) is 24.4 Å². The first kappa shape index (κ1) is 12.6. The van der Waals surface area contributed by atoms with Crippen LogP contribution in [0.5, 0.6) is 0 Å². The molecule has 2 rings (SSSR count). The Balaban J connectivity index is 2.10. The molecule has 0 bridgehead atoms. The third-order valence-corrected chi connectivity index (χ3v) is 3.63. The predicted molar refractivity (Wildman–Crippen MR) is 71.0 cm³/mol. The van der Waals surface area contributed by atoms with Crippen LogP contribution in [0.15, 0.2) is 35.7 Å². The summed E-state index contributed by atoms with van der Waals surface area (Å²) in [6.45, 7) is 1.90. The average molecular weight is 264 g/mol. The smallest absolute Gasteiger partial charge is 0.251 e. The van der Waals surface area contributed by atoms with Gasteiger partial charge in [-0.3, -0.25) is 4.79 Å². The third-order valence-electron chi connectivity index (χ3n) is 2.58. The molecule has 0 spiro atoms. The van der Waals surface area contributed by atoms with E-state index in [1.165, 1.54) is 18.2 Å². The highest BCUT2D eigenvalue weighted by atomic mass is 32.1. The molecule has 18 heavy (non-hydrogen) atoms. The molecule has 0 aliphatic carbocycles. The van der Waals surface area contributed by atoms with Crippen molar-refractivity contribution in [1.82, 2.24) is 5.32 Å². The van der Waals surface area contributed by atoms with Crippen molar-refractivity contribution in [2.24, 2.45) is 0 Å². The van der Waals surface area contributed by atoms with Crippen LogP contribution in [-0.4, -0.2) is 5.91 Å². The van der Waals surface area contributed by atoms with Gasteiger partial charge >= 0.3 is 0 Å². The second kappa shape index (κ2) is 5.18. The van der Waals surface area contributed by atoms with Crippen molar-refractivity contribution >= 4 is 22.9 Å². The topological polar surface area (TPSA) is 55.1 Å². The lowest BCUT2D eigenvalue weighted by Gasteiger charge is -2.12. The standard InChI is InChI=1S/C13H13FN2OS/c1-8(12-3-2-6-18-12)16-13(17)9-4-5-10(14)11(15)7-9/h2-8H,15H2,1H3,(H,16,17). The van der Waals surface area contributed by atoms with Crippen LogP contribution in [0.2, 0.25) is 0 Å². The Morgan fingerprint density at radius 3 is 2.83 bits per heavy atom. The molecule has 0 aliphatic rings. The van der Waals surface area contributed by atoms with Crippen molar-refractivity contribution in [1.29, 1.82) is 0 Å². The number of thiophene rings is 1. The van der Waals surface area contributed by atoms with Crippen molar-refractivity contribution in [2.45, 2.75) is 13.0 Å². The Morgan fingerprint density at radius 2 is 2.22 bits per heavy atom. The number of anilines is 1. The van der Waals surface area contributed by atoms with Crippen LogP contribution in [0.3, 0.4) is 0 Å². The van der Waals surface area contributed by atoms with Crippen LogP contribution < -0.4 is 11.1 Å². The zero-order valence-electron chi connectivity index (χ0n) is 9.81. The first-order valence-electron chi connectivity index (χ1n) is 5.47.